The third-order valence-electron chi connectivity index (χ3n) is 2.12. The summed E-state index contributed by atoms with van der Waals surface area (Å²) in [7, 11) is 0. The largest absolute Gasteiger partial charge is 0.478 e. The van der Waals surface area contributed by atoms with Crippen molar-refractivity contribution in [2.75, 3.05) is 17.6 Å². The van der Waals surface area contributed by atoms with Crippen LogP contribution in [0.5, 0.6) is 0 Å². The zero-order valence-corrected chi connectivity index (χ0v) is 10.6. The number of alkyl halides is 3. The molecule has 1 aromatic rings. The summed E-state index contributed by atoms with van der Waals surface area (Å²) in [5, 5.41) is 22.0. The molecule has 0 spiro atoms. The molecule has 0 amide bonds. The van der Waals surface area contributed by atoms with Gasteiger partial charge in [-0.25, -0.2) is 4.79 Å². The van der Waals surface area contributed by atoms with Gasteiger partial charge in [0.25, 0.3) is 5.69 Å². The molecule has 0 aliphatic carbocycles. The van der Waals surface area contributed by atoms with Crippen molar-refractivity contribution in [3.8, 4) is 0 Å². The van der Waals surface area contributed by atoms with E-state index in [9.17, 15) is 28.1 Å². The first-order chi connectivity index (χ1) is 9.20. The predicted octanol–water partition coefficient (Wildman–Crippen LogP) is 2.96. The minimum absolute atomic E-state index is 0.0252. The third kappa shape index (κ3) is 4.96. The molecule has 0 saturated heterocycles. The first kappa shape index (κ1) is 16.1. The molecule has 0 aliphatic rings. The number of halogens is 3. The number of hydrogen-bond acceptors (Lipinski definition) is 5. The Balaban J connectivity index is 2.75. The van der Waals surface area contributed by atoms with Crippen molar-refractivity contribution in [2.45, 2.75) is 5.51 Å². The molecule has 110 valence electrons. The van der Waals surface area contributed by atoms with Crippen molar-refractivity contribution in [1.82, 2.24) is 0 Å². The van der Waals surface area contributed by atoms with E-state index in [1.807, 2.05) is 0 Å². The smallest absolute Gasteiger partial charge is 0.441 e. The molecule has 0 aromatic heterocycles. The van der Waals surface area contributed by atoms with Gasteiger partial charge in [-0.3, -0.25) is 10.1 Å². The van der Waals surface area contributed by atoms with Crippen LogP contribution in [0.3, 0.4) is 0 Å². The second-order valence-corrected chi connectivity index (χ2v) is 4.68. The van der Waals surface area contributed by atoms with Crippen LogP contribution in [0.25, 0.3) is 0 Å². The first-order valence-corrected chi connectivity index (χ1v) is 6.15. The summed E-state index contributed by atoms with van der Waals surface area (Å²) in [6.07, 6.45) is 0. The number of carboxylic acid groups (broad SMARTS) is 1. The molecule has 0 atom stereocenters. The molecule has 20 heavy (non-hydrogen) atoms. The monoisotopic (exact) mass is 310 g/mol. The van der Waals surface area contributed by atoms with E-state index in [1.165, 1.54) is 0 Å². The molecule has 6 nitrogen and oxygen atoms in total. The first-order valence-electron chi connectivity index (χ1n) is 5.17. The normalized spacial score (nSPS) is 11.2. The van der Waals surface area contributed by atoms with Crippen LogP contribution >= 0.6 is 11.8 Å². The van der Waals surface area contributed by atoms with Crippen LogP contribution in [0.2, 0.25) is 0 Å². The Hall–Kier alpha value is -1.97. The molecule has 0 unspecified atom stereocenters. The molecule has 0 radical (unpaired) electrons. The molecule has 10 heteroatoms. The van der Waals surface area contributed by atoms with Gasteiger partial charge >= 0.3 is 11.5 Å². The summed E-state index contributed by atoms with van der Waals surface area (Å²) in [5.74, 6) is -1.64. The van der Waals surface area contributed by atoms with E-state index >= 15 is 0 Å². The Labute approximate surface area is 115 Å². The lowest BCUT2D eigenvalue weighted by molar-refractivity contribution is -0.384. The standard InChI is InChI=1S/C10H9F3N2O4S/c11-10(12,13)20-4-3-14-7-2-1-6(9(16)17)5-8(7)15(18)19/h1-2,5,14H,3-4H2,(H,16,17). The summed E-state index contributed by atoms with van der Waals surface area (Å²) >= 11 is -0.251. The number of benzene rings is 1. The Kier molecular flexibility index (Phi) is 5.19. The predicted molar refractivity (Wildman–Crippen MR) is 67.1 cm³/mol. The molecule has 0 saturated carbocycles. The molecule has 2 N–H and O–H groups in total. The van der Waals surface area contributed by atoms with E-state index in [-0.39, 0.29) is 35.3 Å². The number of nitrogens with one attached hydrogen (secondary N) is 1. The fourth-order valence-corrected chi connectivity index (χ4v) is 1.75. The van der Waals surface area contributed by atoms with Gasteiger partial charge in [0, 0.05) is 18.4 Å². The van der Waals surface area contributed by atoms with Crippen LogP contribution in [-0.4, -0.2) is 33.8 Å². The number of carboxylic acids is 1. The topological polar surface area (TPSA) is 92.5 Å². The summed E-state index contributed by atoms with van der Waals surface area (Å²) in [4.78, 5) is 20.7. The van der Waals surface area contributed by atoms with E-state index < -0.39 is 22.1 Å². The molecule has 0 bridgehead atoms. The Morgan fingerprint density at radius 1 is 1.45 bits per heavy atom. The molecule has 0 aliphatic heterocycles. The molecule has 0 fully saturated rings. The van der Waals surface area contributed by atoms with Gasteiger partial charge in [0.1, 0.15) is 5.69 Å². The van der Waals surface area contributed by atoms with Gasteiger partial charge in [-0.1, -0.05) is 0 Å². The van der Waals surface area contributed by atoms with Gasteiger partial charge in [0.05, 0.1) is 10.5 Å². The maximum Gasteiger partial charge on any atom is 0.441 e. The van der Waals surface area contributed by atoms with Gasteiger partial charge in [-0.15, -0.1) is 0 Å². The van der Waals surface area contributed by atoms with E-state index in [2.05, 4.69) is 5.32 Å². The van der Waals surface area contributed by atoms with Crippen LogP contribution in [0.4, 0.5) is 24.5 Å². The third-order valence-corrected chi connectivity index (χ3v) is 2.86. The average Bonchev–Trinajstić information content (AvgIpc) is 2.33. The highest BCUT2D eigenvalue weighted by Gasteiger charge is 2.27. The number of carbonyl (C=O) groups is 1. The quantitative estimate of drug-likeness (QED) is 0.477. The molecule has 1 rings (SSSR count). The number of hydrogen-bond donors (Lipinski definition) is 2. The molecule has 1 aromatic carbocycles. The number of nitro benzene ring substituents is 1. The van der Waals surface area contributed by atoms with Crippen LogP contribution in [0, 0.1) is 10.1 Å². The van der Waals surface area contributed by atoms with Crippen molar-refractivity contribution < 1.29 is 28.0 Å². The van der Waals surface area contributed by atoms with Crippen LogP contribution in [-0.2, 0) is 0 Å². The SMILES string of the molecule is O=C(O)c1ccc(NCCSC(F)(F)F)c([N+](=O)[O-])c1. The highest BCUT2D eigenvalue weighted by molar-refractivity contribution is 8.00. The van der Waals surface area contributed by atoms with Crippen molar-refractivity contribution >= 4 is 29.1 Å². The van der Waals surface area contributed by atoms with Gasteiger partial charge in [-0.05, 0) is 23.9 Å². The summed E-state index contributed by atoms with van der Waals surface area (Å²) < 4.78 is 35.7. The maximum atomic E-state index is 11.9. The number of rotatable bonds is 6. The Morgan fingerprint density at radius 3 is 2.60 bits per heavy atom. The van der Waals surface area contributed by atoms with E-state index in [1.54, 1.807) is 0 Å². The molecule has 0 heterocycles. The second-order valence-electron chi connectivity index (χ2n) is 3.52. The lowest BCUT2D eigenvalue weighted by Crippen LogP contribution is -2.11. The lowest BCUT2D eigenvalue weighted by atomic mass is 10.1. The Morgan fingerprint density at radius 2 is 2.10 bits per heavy atom. The van der Waals surface area contributed by atoms with Gasteiger partial charge in [-0.2, -0.15) is 13.2 Å². The number of anilines is 1. The summed E-state index contributed by atoms with van der Waals surface area (Å²) in [5.41, 5.74) is -5.16. The van der Waals surface area contributed by atoms with Gasteiger partial charge in [0.2, 0.25) is 0 Å². The van der Waals surface area contributed by atoms with E-state index in [4.69, 9.17) is 5.11 Å². The number of aromatic carboxylic acids is 1. The fraction of sp³-hybridized carbons (Fsp3) is 0.300. The van der Waals surface area contributed by atoms with Crippen molar-refractivity contribution in [1.29, 1.82) is 0 Å². The second kappa shape index (κ2) is 6.46. The van der Waals surface area contributed by atoms with Crippen molar-refractivity contribution in [3.05, 3.63) is 33.9 Å². The molecular weight excluding hydrogens is 301 g/mol. The number of nitro groups is 1. The number of thioether (sulfide) groups is 1. The Bertz CT molecular complexity index is 522. The highest BCUT2D eigenvalue weighted by Crippen LogP contribution is 2.30. The lowest BCUT2D eigenvalue weighted by Gasteiger charge is -2.08. The van der Waals surface area contributed by atoms with Crippen molar-refractivity contribution in [3.63, 3.8) is 0 Å². The average molecular weight is 310 g/mol. The van der Waals surface area contributed by atoms with E-state index in [0.29, 0.717) is 0 Å². The van der Waals surface area contributed by atoms with Crippen LogP contribution in [0.15, 0.2) is 18.2 Å². The number of nitrogens with zero attached hydrogens (tertiary/aromatic N) is 1. The summed E-state index contributed by atoms with van der Waals surface area (Å²) in [6.45, 7) is -0.141. The summed E-state index contributed by atoms with van der Waals surface area (Å²) in [6, 6.07) is 3.13. The van der Waals surface area contributed by atoms with E-state index in [0.717, 1.165) is 18.2 Å². The fourth-order valence-electron chi connectivity index (χ4n) is 1.32. The van der Waals surface area contributed by atoms with Crippen LogP contribution < -0.4 is 5.32 Å². The maximum absolute atomic E-state index is 11.9. The zero-order valence-electron chi connectivity index (χ0n) is 9.81. The van der Waals surface area contributed by atoms with Crippen molar-refractivity contribution in [2.24, 2.45) is 0 Å². The van der Waals surface area contributed by atoms with Gasteiger partial charge in [0.15, 0.2) is 0 Å². The zero-order chi connectivity index (χ0) is 15.3. The minimum atomic E-state index is -4.36. The van der Waals surface area contributed by atoms with Gasteiger partial charge < -0.3 is 10.4 Å². The van der Waals surface area contributed by atoms with Crippen LogP contribution in [0.1, 0.15) is 10.4 Å². The minimum Gasteiger partial charge on any atom is -0.478 e. The molecular formula is C10H9F3N2O4S. The highest BCUT2D eigenvalue weighted by atomic mass is 32.2.